The highest BCUT2D eigenvalue weighted by Crippen LogP contribution is 2.54. The van der Waals surface area contributed by atoms with Gasteiger partial charge in [0.15, 0.2) is 0 Å². The Hall–Kier alpha value is -2.68. The molecule has 6 rings (SSSR count). The minimum Gasteiger partial charge on any atom is -0.379 e. The Morgan fingerprint density at radius 1 is 1.17 bits per heavy atom. The van der Waals surface area contributed by atoms with E-state index in [2.05, 4.69) is 45.1 Å². The first-order valence-electron chi connectivity index (χ1n) is 12.8. The number of amides is 1. The molecule has 1 aromatic carbocycles. The number of halogens is 1. The Morgan fingerprint density at radius 2 is 1.97 bits per heavy atom. The highest BCUT2D eigenvalue weighted by Gasteiger charge is 2.53. The third kappa shape index (κ3) is 4.25. The number of carbonyl (C=O) groups is 1. The van der Waals surface area contributed by atoms with Crippen molar-refractivity contribution in [2.45, 2.75) is 31.7 Å². The Morgan fingerprint density at radius 3 is 2.67 bits per heavy atom. The number of hydrogen-bond donors (Lipinski definition) is 1. The van der Waals surface area contributed by atoms with Gasteiger partial charge in [-0.15, -0.1) is 0 Å². The summed E-state index contributed by atoms with van der Waals surface area (Å²) >= 11 is 6.71. The molecule has 36 heavy (non-hydrogen) atoms. The second-order valence-electron chi connectivity index (χ2n) is 10.8. The highest BCUT2D eigenvalue weighted by atomic mass is 35.5. The van der Waals surface area contributed by atoms with Crippen LogP contribution >= 0.6 is 11.6 Å². The molecule has 9 heteroatoms. The van der Waals surface area contributed by atoms with Gasteiger partial charge in [-0.2, -0.15) is 5.10 Å². The number of ether oxygens (including phenoxy) is 1. The van der Waals surface area contributed by atoms with Gasteiger partial charge in [-0.3, -0.25) is 14.4 Å². The van der Waals surface area contributed by atoms with Crippen molar-refractivity contribution in [3.63, 3.8) is 0 Å². The fraction of sp³-hybridized carbons (Fsp3) is 0.519. The van der Waals surface area contributed by atoms with E-state index in [0.29, 0.717) is 5.82 Å². The van der Waals surface area contributed by atoms with E-state index in [1.807, 2.05) is 31.6 Å². The van der Waals surface area contributed by atoms with Crippen LogP contribution in [0, 0.1) is 11.8 Å². The predicted molar refractivity (Wildman–Crippen MR) is 142 cm³/mol. The molecule has 1 saturated carbocycles. The average molecular weight is 509 g/mol. The zero-order valence-corrected chi connectivity index (χ0v) is 21.8. The Bertz CT molecular complexity index is 1290. The average Bonchev–Trinajstić information content (AvgIpc) is 3.15. The van der Waals surface area contributed by atoms with Crippen LogP contribution in [0.1, 0.15) is 31.7 Å². The molecule has 1 amide bonds. The number of benzene rings is 1. The van der Waals surface area contributed by atoms with Crippen LogP contribution in [0.15, 0.2) is 36.8 Å². The third-order valence-corrected chi connectivity index (χ3v) is 8.71. The van der Waals surface area contributed by atoms with Gasteiger partial charge < -0.3 is 15.0 Å². The van der Waals surface area contributed by atoms with Crippen molar-refractivity contribution in [2.24, 2.45) is 18.9 Å². The molecule has 0 spiro atoms. The van der Waals surface area contributed by atoms with Gasteiger partial charge in [0, 0.05) is 75.0 Å². The van der Waals surface area contributed by atoms with Gasteiger partial charge in [0.1, 0.15) is 5.82 Å². The number of anilines is 2. The smallest absolute Gasteiger partial charge is 0.229 e. The van der Waals surface area contributed by atoms with E-state index in [-0.39, 0.29) is 29.2 Å². The zero-order valence-electron chi connectivity index (χ0n) is 21.1. The number of rotatable bonds is 5. The molecule has 2 saturated heterocycles. The largest absolute Gasteiger partial charge is 0.379 e. The fourth-order valence-corrected chi connectivity index (χ4v) is 6.35. The number of carbonyl (C=O) groups excluding carboxylic acids is 1. The van der Waals surface area contributed by atoms with Crippen molar-refractivity contribution in [1.29, 1.82) is 0 Å². The van der Waals surface area contributed by atoms with Gasteiger partial charge in [0.05, 0.1) is 23.5 Å². The molecule has 8 nitrogen and oxygen atoms in total. The number of aryl methyl sites for hydroxylation is 1. The molecule has 3 fully saturated rings. The van der Waals surface area contributed by atoms with Gasteiger partial charge in [-0.1, -0.05) is 18.5 Å². The summed E-state index contributed by atoms with van der Waals surface area (Å²) < 4.78 is 7.45. The first kappa shape index (κ1) is 23.7. The SMILES string of the molecule is C[C@@H]1[C@@H](C(=O)Nc2cc3cc(N4CCN([C@@]5(C)CCOC5)CC4)c(Cl)cc3cn2)[C@@H]1c1cnn(C)c1. The van der Waals surface area contributed by atoms with Gasteiger partial charge in [-0.25, -0.2) is 4.98 Å². The zero-order chi connectivity index (χ0) is 25.0. The lowest BCUT2D eigenvalue weighted by Gasteiger charge is -2.44. The number of nitrogens with zero attached hydrogens (tertiary/aromatic N) is 5. The van der Waals surface area contributed by atoms with Gasteiger partial charge in [-0.05, 0) is 48.4 Å². The molecular formula is C27H33ClN6O2. The van der Waals surface area contributed by atoms with Crippen LogP contribution < -0.4 is 10.2 Å². The molecule has 2 aromatic heterocycles. The maximum Gasteiger partial charge on any atom is 0.229 e. The normalized spacial score (nSPS) is 28.6. The number of fused-ring (bicyclic) bond motifs is 1. The van der Waals surface area contributed by atoms with Gasteiger partial charge >= 0.3 is 0 Å². The first-order valence-corrected chi connectivity index (χ1v) is 13.2. The standard InChI is InChI=1S/C27H33ClN6O2/c1-17-24(20-14-30-32(3)15-20)25(17)26(35)31-23-12-18-11-22(21(28)10-19(18)13-29-23)33-5-7-34(8-6-33)27(2)4-9-36-16-27/h10-15,17,24-25H,4-9,16H2,1-3H3,(H,29,31,35)/t17-,24-,25+,27-/m0/s1. The molecular weight excluding hydrogens is 476 g/mol. The van der Waals surface area contributed by atoms with Gasteiger partial charge in [0.25, 0.3) is 0 Å². The number of hydrogen-bond acceptors (Lipinski definition) is 6. The van der Waals surface area contributed by atoms with Crippen LogP contribution in [0.3, 0.4) is 0 Å². The second-order valence-corrected chi connectivity index (χ2v) is 11.2. The predicted octanol–water partition coefficient (Wildman–Crippen LogP) is 3.91. The molecule has 1 N–H and O–H groups in total. The lowest BCUT2D eigenvalue weighted by molar-refractivity contribution is -0.117. The first-order chi connectivity index (χ1) is 17.3. The Kier molecular flexibility index (Phi) is 5.93. The van der Waals surface area contributed by atoms with Crippen LogP contribution in [-0.2, 0) is 16.6 Å². The molecule has 190 valence electrons. The summed E-state index contributed by atoms with van der Waals surface area (Å²) in [4.78, 5) is 22.4. The molecule has 2 aliphatic heterocycles. The van der Waals surface area contributed by atoms with E-state index in [1.54, 1.807) is 10.9 Å². The molecule has 4 atom stereocenters. The van der Waals surface area contributed by atoms with Crippen LogP contribution in [0.4, 0.5) is 11.5 Å². The third-order valence-electron chi connectivity index (χ3n) is 8.41. The van der Waals surface area contributed by atoms with E-state index < -0.39 is 0 Å². The van der Waals surface area contributed by atoms with Crippen molar-refractivity contribution in [3.05, 3.63) is 47.4 Å². The minimum absolute atomic E-state index is 0.0119. The maximum absolute atomic E-state index is 13.0. The maximum atomic E-state index is 13.0. The summed E-state index contributed by atoms with van der Waals surface area (Å²) in [6.07, 6.45) is 6.73. The van der Waals surface area contributed by atoms with Crippen molar-refractivity contribution in [3.8, 4) is 0 Å². The van der Waals surface area contributed by atoms with Crippen molar-refractivity contribution < 1.29 is 9.53 Å². The monoisotopic (exact) mass is 508 g/mol. The molecule has 4 heterocycles. The second kappa shape index (κ2) is 9.01. The summed E-state index contributed by atoms with van der Waals surface area (Å²) in [7, 11) is 1.90. The van der Waals surface area contributed by atoms with E-state index in [9.17, 15) is 4.79 Å². The van der Waals surface area contributed by atoms with E-state index >= 15 is 0 Å². The molecule has 3 aliphatic rings. The van der Waals surface area contributed by atoms with Crippen LogP contribution in [0.25, 0.3) is 10.8 Å². The van der Waals surface area contributed by atoms with Crippen molar-refractivity contribution in [1.82, 2.24) is 19.7 Å². The van der Waals surface area contributed by atoms with Crippen molar-refractivity contribution in [2.75, 3.05) is 49.6 Å². The minimum atomic E-state index is -0.0594. The summed E-state index contributed by atoms with van der Waals surface area (Å²) in [6.45, 7) is 9.91. The quantitative estimate of drug-likeness (QED) is 0.563. The molecule has 3 aromatic rings. The summed E-state index contributed by atoms with van der Waals surface area (Å²) in [5.41, 5.74) is 2.30. The molecule has 0 unspecified atom stereocenters. The highest BCUT2D eigenvalue weighted by molar-refractivity contribution is 6.34. The Balaban J connectivity index is 1.16. The lowest BCUT2D eigenvalue weighted by Crippen LogP contribution is -2.56. The number of pyridine rings is 1. The number of nitrogens with one attached hydrogen (secondary N) is 1. The summed E-state index contributed by atoms with van der Waals surface area (Å²) in [5.74, 6) is 1.02. The van der Waals surface area contributed by atoms with E-state index in [0.717, 1.165) is 72.9 Å². The lowest BCUT2D eigenvalue weighted by atomic mass is 9.98. The number of aromatic nitrogens is 3. The van der Waals surface area contributed by atoms with Crippen LogP contribution in [-0.4, -0.2) is 70.5 Å². The molecule has 1 aliphatic carbocycles. The van der Waals surface area contributed by atoms with Crippen LogP contribution in [0.2, 0.25) is 5.02 Å². The molecule has 0 radical (unpaired) electrons. The summed E-state index contributed by atoms with van der Waals surface area (Å²) in [5, 5.41) is 10.0. The Labute approximate surface area is 216 Å². The van der Waals surface area contributed by atoms with E-state index in [4.69, 9.17) is 16.3 Å². The van der Waals surface area contributed by atoms with Gasteiger partial charge in [0.2, 0.25) is 5.91 Å². The number of piperazine rings is 1. The van der Waals surface area contributed by atoms with E-state index in [1.165, 1.54) is 0 Å². The fourth-order valence-electron chi connectivity index (χ4n) is 6.05. The molecule has 0 bridgehead atoms. The van der Waals surface area contributed by atoms with Crippen molar-refractivity contribution >= 4 is 39.8 Å². The summed E-state index contributed by atoms with van der Waals surface area (Å²) in [6, 6.07) is 6.06. The topological polar surface area (TPSA) is 75.5 Å². The van der Waals surface area contributed by atoms with Crippen LogP contribution in [0.5, 0.6) is 0 Å².